The SMILES string of the molecule is COc1ccccc1CN(C)c1nccnc1C#N. The maximum atomic E-state index is 9.03. The van der Waals surface area contributed by atoms with E-state index < -0.39 is 0 Å². The monoisotopic (exact) mass is 254 g/mol. The quantitative estimate of drug-likeness (QED) is 0.835. The third-order valence-corrected chi connectivity index (χ3v) is 2.75. The van der Waals surface area contributed by atoms with Crippen LogP contribution in [-0.4, -0.2) is 24.1 Å². The molecule has 0 amide bonds. The Balaban J connectivity index is 2.26. The van der Waals surface area contributed by atoms with Gasteiger partial charge in [-0.1, -0.05) is 18.2 Å². The molecule has 0 saturated heterocycles. The number of benzene rings is 1. The van der Waals surface area contributed by atoms with Gasteiger partial charge in [0.05, 0.1) is 7.11 Å². The topological polar surface area (TPSA) is 62.0 Å². The van der Waals surface area contributed by atoms with Crippen molar-refractivity contribution < 1.29 is 4.74 Å². The number of aromatic nitrogens is 2. The van der Waals surface area contributed by atoms with Crippen molar-refractivity contribution in [3.05, 3.63) is 47.9 Å². The number of methoxy groups -OCH3 is 1. The minimum atomic E-state index is 0.319. The summed E-state index contributed by atoms with van der Waals surface area (Å²) in [5.41, 5.74) is 1.35. The van der Waals surface area contributed by atoms with Gasteiger partial charge >= 0.3 is 0 Å². The van der Waals surface area contributed by atoms with E-state index in [4.69, 9.17) is 10.00 Å². The van der Waals surface area contributed by atoms with Crippen LogP contribution >= 0.6 is 0 Å². The van der Waals surface area contributed by atoms with Gasteiger partial charge in [0, 0.05) is 31.5 Å². The largest absolute Gasteiger partial charge is 0.496 e. The van der Waals surface area contributed by atoms with Gasteiger partial charge < -0.3 is 9.64 Å². The first kappa shape index (κ1) is 12.8. The Labute approximate surface area is 112 Å². The lowest BCUT2D eigenvalue weighted by atomic mass is 10.2. The van der Waals surface area contributed by atoms with Crippen molar-refractivity contribution in [3.63, 3.8) is 0 Å². The second kappa shape index (κ2) is 5.83. The van der Waals surface area contributed by atoms with Gasteiger partial charge in [0.15, 0.2) is 11.5 Å². The van der Waals surface area contributed by atoms with Crippen LogP contribution in [0.4, 0.5) is 5.82 Å². The molecule has 1 heterocycles. The van der Waals surface area contributed by atoms with E-state index in [1.165, 1.54) is 6.20 Å². The van der Waals surface area contributed by atoms with Crippen molar-refractivity contribution in [2.24, 2.45) is 0 Å². The van der Waals surface area contributed by atoms with E-state index in [0.29, 0.717) is 18.1 Å². The van der Waals surface area contributed by atoms with Gasteiger partial charge in [-0.15, -0.1) is 0 Å². The Kier molecular flexibility index (Phi) is 3.94. The van der Waals surface area contributed by atoms with Gasteiger partial charge in [0.1, 0.15) is 11.8 Å². The number of rotatable bonds is 4. The number of anilines is 1. The molecule has 2 aromatic rings. The summed E-state index contributed by atoms with van der Waals surface area (Å²) in [6, 6.07) is 9.81. The summed E-state index contributed by atoms with van der Waals surface area (Å²) in [7, 11) is 3.51. The van der Waals surface area contributed by atoms with Crippen LogP contribution in [0.3, 0.4) is 0 Å². The highest BCUT2D eigenvalue weighted by Crippen LogP contribution is 2.21. The zero-order valence-corrected chi connectivity index (χ0v) is 10.9. The summed E-state index contributed by atoms with van der Waals surface area (Å²) in [4.78, 5) is 10.1. The van der Waals surface area contributed by atoms with E-state index >= 15 is 0 Å². The van der Waals surface area contributed by atoms with Crippen molar-refractivity contribution in [1.29, 1.82) is 5.26 Å². The number of hydrogen-bond donors (Lipinski definition) is 0. The van der Waals surface area contributed by atoms with Gasteiger partial charge in [-0.25, -0.2) is 9.97 Å². The lowest BCUT2D eigenvalue weighted by Gasteiger charge is -2.19. The molecular formula is C14H14N4O. The van der Waals surface area contributed by atoms with Crippen LogP contribution in [0.5, 0.6) is 5.75 Å². The van der Waals surface area contributed by atoms with E-state index in [2.05, 4.69) is 9.97 Å². The van der Waals surface area contributed by atoms with Crippen molar-refractivity contribution in [3.8, 4) is 11.8 Å². The van der Waals surface area contributed by atoms with E-state index in [0.717, 1.165) is 11.3 Å². The van der Waals surface area contributed by atoms with Crippen LogP contribution in [0.2, 0.25) is 0 Å². The average molecular weight is 254 g/mol. The molecule has 0 fully saturated rings. The summed E-state index contributed by atoms with van der Waals surface area (Å²) < 4.78 is 5.31. The molecule has 1 aromatic carbocycles. The number of hydrogen-bond acceptors (Lipinski definition) is 5. The first-order chi connectivity index (χ1) is 9.26. The molecule has 5 nitrogen and oxygen atoms in total. The second-order valence-corrected chi connectivity index (χ2v) is 4.01. The Morgan fingerprint density at radius 1 is 1.26 bits per heavy atom. The van der Waals surface area contributed by atoms with Crippen molar-refractivity contribution in [1.82, 2.24) is 9.97 Å². The molecule has 0 radical (unpaired) electrons. The van der Waals surface area contributed by atoms with Gasteiger partial charge in [-0.2, -0.15) is 5.26 Å². The van der Waals surface area contributed by atoms with E-state index in [-0.39, 0.29) is 0 Å². The molecule has 5 heteroatoms. The molecular weight excluding hydrogens is 240 g/mol. The molecule has 1 aromatic heterocycles. The third-order valence-electron chi connectivity index (χ3n) is 2.75. The summed E-state index contributed by atoms with van der Waals surface area (Å²) in [5.74, 6) is 1.38. The van der Waals surface area contributed by atoms with Crippen LogP contribution < -0.4 is 9.64 Å². The number of para-hydroxylation sites is 1. The molecule has 0 aliphatic heterocycles. The lowest BCUT2D eigenvalue weighted by Crippen LogP contribution is -2.19. The van der Waals surface area contributed by atoms with Crippen molar-refractivity contribution in [2.45, 2.75) is 6.54 Å². The third kappa shape index (κ3) is 2.80. The zero-order valence-electron chi connectivity index (χ0n) is 10.9. The Bertz CT molecular complexity index is 606. The van der Waals surface area contributed by atoms with Crippen LogP contribution in [-0.2, 0) is 6.54 Å². The number of nitrogens with zero attached hydrogens (tertiary/aromatic N) is 4. The standard InChI is InChI=1S/C14H14N4O/c1-18(14-12(9-15)16-7-8-17-14)10-11-5-3-4-6-13(11)19-2/h3-8H,10H2,1-2H3. The van der Waals surface area contributed by atoms with Crippen LogP contribution in [0, 0.1) is 11.3 Å². The van der Waals surface area contributed by atoms with Gasteiger partial charge in [-0.3, -0.25) is 0 Å². The number of nitriles is 1. The Hall–Kier alpha value is -2.61. The fraction of sp³-hybridized carbons (Fsp3) is 0.214. The predicted octanol–water partition coefficient (Wildman–Crippen LogP) is 1.99. The second-order valence-electron chi connectivity index (χ2n) is 4.01. The van der Waals surface area contributed by atoms with E-state index in [1.54, 1.807) is 13.3 Å². The molecule has 0 atom stereocenters. The Morgan fingerprint density at radius 2 is 2.00 bits per heavy atom. The van der Waals surface area contributed by atoms with E-state index in [1.807, 2.05) is 42.3 Å². The first-order valence-electron chi connectivity index (χ1n) is 5.80. The smallest absolute Gasteiger partial charge is 0.183 e. The summed E-state index contributed by atoms with van der Waals surface area (Å²) in [6.45, 7) is 0.595. The molecule has 0 bridgehead atoms. The highest BCUT2D eigenvalue weighted by atomic mass is 16.5. The minimum absolute atomic E-state index is 0.319. The minimum Gasteiger partial charge on any atom is -0.496 e. The summed E-state index contributed by atoms with van der Waals surface area (Å²) >= 11 is 0. The molecule has 0 unspecified atom stereocenters. The zero-order chi connectivity index (χ0) is 13.7. The predicted molar refractivity (Wildman–Crippen MR) is 71.8 cm³/mol. The molecule has 2 rings (SSSR count). The average Bonchev–Trinajstić information content (AvgIpc) is 2.47. The molecule has 19 heavy (non-hydrogen) atoms. The first-order valence-corrected chi connectivity index (χ1v) is 5.80. The van der Waals surface area contributed by atoms with Gasteiger partial charge in [-0.05, 0) is 6.07 Å². The molecule has 0 aliphatic carbocycles. The fourth-order valence-corrected chi connectivity index (χ4v) is 1.85. The molecule has 96 valence electrons. The van der Waals surface area contributed by atoms with Crippen LogP contribution in [0.1, 0.15) is 11.3 Å². The Morgan fingerprint density at radius 3 is 2.74 bits per heavy atom. The van der Waals surface area contributed by atoms with Crippen molar-refractivity contribution in [2.75, 3.05) is 19.1 Å². The van der Waals surface area contributed by atoms with Crippen molar-refractivity contribution >= 4 is 5.82 Å². The highest BCUT2D eigenvalue weighted by Gasteiger charge is 2.12. The molecule has 0 aliphatic rings. The molecule has 0 N–H and O–H groups in total. The van der Waals surface area contributed by atoms with Crippen LogP contribution in [0.25, 0.3) is 0 Å². The maximum Gasteiger partial charge on any atom is 0.183 e. The number of ether oxygens (including phenoxy) is 1. The van der Waals surface area contributed by atoms with Gasteiger partial charge in [0.2, 0.25) is 0 Å². The van der Waals surface area contributed by atoms with Crippen LogP contribution in [0.15, 0.2) is 36.7 Å². The normalized spacial score (nSPS) is 9.74. The van der Waals surface area contributed by atoms with E-state index in [9.17, 15) is 0 Å². The summed E-state index contributed by atoms with van der Waals surface area (Å²) in [5, 5.41) is 9.03. The fourth-order valence-electron chi connectivity index (χ4n) is 1.85. The molecule has 0 saturated carbocycles. The summed E-state index contributed by atoms with van der Waals surface area (Å²) in [6.07, 6.45) is 3.09. The van der Waals surface area contributed by atoms with Gasteiger partial charge in [0.25, 0.3) is 0 Å². The lowest BCUT2D eigenvalue weighted by molar-refractivity contribution is 0.409. The molecule has 0 spiro atoms. The maximum absolute atomic E-state index is 9.03. The highest BCUT2D eigenvalue weighted by molar-refractivity contribution is 5.50.